The van der Waals surface area contributed by atoms with Gasteiger partial charge in [0.05, 0.1) is 0 Å². The minimum Gasteiger partial charge on any atom is -0.479 e. The van der Waals surface area contributed by atoms with Crippen LogP contribution < -0.4 is 0 Å². The molecule has 0 radical (unpaired) electrons. The second-order valence-corrected chi connectivity index (χ2v) is 2.33. The molecule has 3 heteroatoms. The number of carboxylic acid groups (broad SMARTS) is 1. The first-order chi connectivity index (χ1) is 3.57. The summed E-state index contributed by atoms with van der Waals surface area (Å²) in [7, 11) is 0. The van der Waals surface area contributed by atoms with Crippen molar-refractivity contribution in [2.75, 3.05) is 0 Å². The lowest BCUT2D eigenvalue weighted by Crippen LogP contribution is -2.22. The summed E-state index contributed by atoms with van der Waals surface area (Å²) in [5, 5.41) is 17.1. The fourth-order valence-electron chi connectivity index (χ4n) is 0.706. The maximum Gasteiger partial charge on any atom is 0.335 e. The molecule has 0 unspecified atom stereocenters. The van der Waals surface area contributed by atoms with E-state index < -0.39 is 11.6 Å². The Balaban J connectivity index is 2.60. The Labute approximate surface area is 46.9 Å². The Morgan fingerprint density at radius 3 is 2.25 bits per heavy atom. The van der Waals surface area contributed by atoms with Crippen LogP contribution in [0.5, 0.6) is 0 Å². The summed E-state index contributed by atoms with van der Waals surface area (Å²) in [6.45, 7) is 1.72. The van der Waals surface area contributed by atoms with E-state index in [1.54, 1.807) is 6.92 Å². The molecule has 0 saturated heterocycles. The molecular formula is C5H8O3. The van der Waals surface area contributed by atoms with E-state index in [0.29, 0.717) is 6.42 Å². The van der Waals surface area contributed by atoms with Crippen molar-refractivity contribution in [2.24, 2.45) is 5.92 Å². The fourth-order valence-corrected chi connectivity index (χ4v) is 0.706. The Morgan fingerprint density at radius 2 is 2.25 bits per heavy atom. The average molecular weight is 116 g/mol. The molecule has 1 rings (SSSR count). The second kappa shape index (κ2) is 1.23. The van der Waals surface area contributed by atoms with Gasteiger partial charge in [-0.05, 0) is 12.3 Å². The highest BCUT2D eigenvalue weighted by molar-refractivity contribution is 5.81. The predicted octanol–water partition coefficient (Wildman–Crippen LogP) is -0.158. The number of carboxylic acids is 1. The molecular weight excluding hydrogens is 108 g/mol. The molecule has 0 aromatic carbocycles. The topological polar surface area (TPSA) is 57.5 Å². The van der Waals surface area contributed by atoms with Crippen LogP contribution >= 0.6 is 0 Å². The normalized spacial score (nSPS) is 44.0. The number of aliphatic hydroxyl groups is 1. The first-order valence-electron chi connectivity index (χ1n) is 2.53. The number of carbonyl (C=O) groups is 1. The number of rotatable bonds is 1. The molecule has 1 aliphatic carbocycles. The molecule has 1 saturated carbocycles. The zero-order valence-corrected chi connectivity index (χ0v) is 4.59. The third-order valence-corrected chi connectivity index (χ3v) is 1.64. The van der Waals surface area contributed by atoms with Crippen LogP contribution in [0.3, 0.4) is 0 Å². The van der Waals surface area contributed by atoms with Gasteiger partial charge in [-0.15, -0.1) is 0 Å². The van der Waals surface area contributed by atoms with Gasteiger partial charge in [0.15, 0.2) is 5.60 Å². The summed E-state index contributed by atoms with van der Waals surface area (Å²) in [4.78, 5) is 10.0. The SMILES string of the molecule is C[C@@H]1C[C@@]1(O)C(=O)O. The molecule has 3 nitrogen and oxygen atoms in total. The van der Waals surface area contributed by atoms with Crippen LogP contribution in [-0.4, -0.2) is 21.8 Å². The number of aliphatic carboxylic acids is 1. The van der Waals surface area contributed by atoms with Crippen molar-refractivity contribution >= 4 is 5.97 Å². The first-order valence-corrected chi connectivity index (χ1v) is 2.53. The standard InChI is InChI=1S/C5H8O3/c1-3-2-5(3,8)4(6)7/h3,8H,2H2,1H3,(H,6,7)/t3-,5+/m1/s1. The Bertz CT molecular complexity index is 132. The lowest BCUT2D eigenvalue weighted by molar-refractivity contribution is -0.149. The predicted molar refractivity (Wildman–Crippen MR) is 26.4 cm³/mol. The summed E-state index contributed by atoms with van der Waals surface area (Å²) in [5.41, 5.74) is -1.38. The van der Waals surface area contributed by atoms with Crippen LogP contribution in [0.15, 0.2) is 0 Å². The number of hydrogen-bond acceptors (Lipinski definition) is 2. The summed E-state index contributed by atoms with van der Waals surface area (Å²) in [5.74, 6) is -1.15. The summed E-state index contributed by atoms with van der Waals surface area (Å²) in [6, 6.07) is 0. The van der Waals surface area contributed by atoms with E-state index in [2.05, 4.69) is 0 Å². The van der Waals surface area contributed by atoms with E-state index in [1.807, 2.05) is 0 Å². The van der Waals surface area contributed by atoms with Crippen LogP contribution in [0.25, 0.3) is 0 Å². The Hall–Kier alpha value is -0.570. The highest BCUT2D eigenvalue weighted by Gasteiger charge is 2.56. The lowest BCUT2D eigenvalue weighted by atomic mass is 10.3. The second-order valence-electron chi connectivity index (χ2n) is 2.33. The molecule has 0 spiro atoms. The van der Waals surface area contributed by atoms with Gasteiger partial charge in [-0.1, -0.05) is 6.92 Å². The van der Waals surface area contributed by atoms with E-state index in [4.69, 9.17) is 10.2 Å². The fraction of sp³-hybridized carbons (Fsp3) is 0.800. The third-order valence-electron chi connectivity index (χ3n) is 1.64. The zero-order valence-electron chi connectivity index (χ0n) is 4.59. The van der Waals surface area contributed by atoms with Crippen molar-refractivity contribution < 1.29 is 15.0 Å². The van der Waals surface area contributed by atoms with E-state index >= 15 is 0 Å². The van der Waals surface area contributed by atoms with Crippen LogP contribution in [0.2, 0.25) is 0 Å². The molecule has 0 amide bonds. The average Bonchev–Trinajstić information content (AvgIpc) is 2.17. The van der Waals surface area contributed by atoms with Crippen molar-refractivity contribution in [3.05, 3.63) is 0 Å². The minimum atomic E-state index is -1.38. The highest BCUT2D eigenvalue weighted by atomic mass is 16.4. The van der Waals surface area contributed by atoms with Gasteiger partial charge in [-0.2, -0.15) is 0 Å². The van der Waals surface area contributed by atoms with Gasteiger partial charge in [-0.25, -0.2) is 4.79 Å². The summed E-state index contributed by atoms with van der Waals surface area (Å²) < 4.78 is 0. The number of hydrogen-bond donors (Lipinski definition) is 2. The third kappa shape index (κ3) is 0.512. The van der Waals surface area contributed by atoms with Crippen molar-refractivity contribution in [2.45, 2.75) is 18.9 Å². The van der Waals surface area contributed by atoms with Gasteiger partial charge < -0.3 is 10.2 Å². The van der Waals surface area contributed by atoms with Crippen molar-refractivity contribution in [1.29, 1.82) is 0 Å². The van der Waals surface area contributed by atoms with Crippen LogP contribution in [-0.2, 0) is 4.79 Å². The monoisotopic (exact) mass is 116 g/mol. The quantitative estimate of drug-likeness (QED) is 0.500. The lowest BCUT2D eigenvalue weighted by Gasteiger charge is -1.97. The molecule has 0 aromatic heterocycles. The Kier molecular flexibility index (Phi) is 0.854. The molecule has 0 bridgehead atoms. The summed E-state index contributed by atoms with van der Waals surface area (Å²) >= 11 is 0. The molecule has 46 valence electrons. The maximum atomic E-state index is 10.0. The zero-order chi connectivity index (χ0) is 6.36. The van der Waals surface area contributed by atoms with E-state index in [9.17, 15) is 4.79 Å². The smallest absolute Gasteiger partial charge is 0.335 e. The molecule has 8 heavy (non-hydrogen) atoms. The maximum absolute atomic E-state index is 10.0. The molecule has 1 fully saturated rings. The summed E-state index contributed by atoms with van der Waals surface area (Å²) in [6.07, 6.45) is 0.405. The van der Waals surface area contributed by atoms with Gasteiger partial charge in [0.2, 0.25) is 0 Å². The van der Waals surface area contributed by atoms with Crippen molar-refractivity contribution in [3.63, 3.8) is 0 Å². The largest absolute Gasteiger partial charge is 0.479 e. The molecule has 0 aliphatic heterocycles. The highest BCUT2D eigenvalue weighted by Crippen LogP contribution is 2.42. The van der Waals surface area contributed by atoms with E-state index in [1.165, 1.54) is 0 Å². The van der Waals surface area contributed by atoms with Crippen LogP contribution in [0, 0.1) is 5.92 Å². The molecule has 2 N–H and O–H groups in total. The van der Waals surface area contributed by atoms with Gasteiger partial charge in [0.1, 0.15) is 0 Å². The van der Waals surface area contributed by atoms with Crippen LogP contribution in [0.1, 0.15) is 13.3 Å². The van der Waals surface area contributed by atoms with E-state index in [0.717, 1.165) is 0 Å². The van der Waals surface area contributed by atoms with Crippen LogP contribution in [0.4, 0.5) is 0 Å². The van der Waals surface area contributed by atoms with Gasteiger partial charge >= 0.3 is 5.97 Å². The first kappa shape index (κ1) is 5.56. The Morgan fingerprint density at radius 1 is 1.88 bits per heavy atom. The molecule has 0 heterocycles. The van der Waals surface area contributed by atoms with Gasteiger partial charge in [0, 0.05) is 0 Å². The molecule has 1 aliphatic rings. The van der Waals surface area contributed by atoms with Crippen molar-refractivity contribution in [3.8, 4) is 0 Å². The minimum absolute atomic E-state index is 0.0556. The van der Waals surface area contributed by atoms with E-state index in [-0.39, 0.29) is 5.92 Å². The molecule has 2 atom stereocenters. The molecule has 0 aromatic rings. The van der Waals surface area contributed by atoms with Crippen molar-refractivity contribution in [1.82, 2.24) is 0 Å². The van der Waals surface area contributed by atoms with Gasteiger partial charge in [0.25, 0.3) is 0 Å². The van der Waals surface area contributed by atoms with Gasteiger partial charge in [-0.3, -0.25) is 0 Å².